The zero-order chi connectivity index (χ0) is 70.7. The van der Waals surface area contributed by atoms with E-state index in [1.807, 2.05) is 69.3 Å². The maximum absolute atomic E-state index is 15.3. The number of hydrogen-bond donors (Lipinski definition) is 12. The summed E-state index contributed by atoms with van der Waals surface area (Å²) in [5, 5.41) is 52.2. The first-order valence-electron chi connectivity index (χ1n) is 32.1. The molecule has 0 saturated carbocycles. The zero-order valence-corrected chi connectivity index (χ0v) is 55.1. The molecule has 16 N–H and O–H groups in total. The standard InChI is InChI=1S/C70H95FN8O16/c1-7-46-33-51(95-28-11-10-27-72)21-22-52(46)47-19-17-44(18-20-47)32-49(67(92)76-55(66(75)91)16-12-13-45-30-40(2)29-41(3)31-45)34-58(84)56(36-63(89)90)77-68(93)50(39-80)35-59(85)64(42(4)81)79-69(94)70(6,37-48-14-8-9-15-53(48)71)38-60(86)65(43(5)82)78-62(88)26-24-57(83)54(73)23-25-61(74)87/h8-9,14-15,17-22,29-31,33,42-43,49-50,54-56,64-65,80-82H,7,10-13,16,23-28,32,34-39,72-73H2,1-6H3,(H2,74,87)(H2,75,91)(H,76,92)(H,77,93)(H,78,88)(H,79,94)(H,89,90)/t42-,43-,49-,50+,54+,55+,56+,64+,65+,70-/m1/s1. The number of unbranched alkanes of at least 4 members (excludes halogenated alkanes) is 1. The lowest BCUT2D eigenvalue weighted by molar-refractivity contribution is -0.142. The Morgan fingerprint density at radius 1 is 0.653 bits per heavy atom. The number of nitrogens with one attached hydrogen (secondary N) is 4. The van der Waals surface area contributed by atoms with Crippen LogP contribution in [-0.4, -0.2) is 147 Å². The van der Waals surface area contributed by atoms with Gasteiger partial charge in [-0.2, -0.15) is 0 Å². The number of hydrogen-bond acceptors (Lipinski definition) is 17. The monoisotopic (exact) mass is 1320 g/mol. The molecule has 25 heteroatoms. The molecule has 518 valence electrons. The second-order valence-corrected chi connectivity index (χ2v) is 24.9. The van der Waals surface area contributed by atoms with Gasteiger partial charge in [-0.25, -0.2) is 4.39 Å². The fourth-order valence-electron chi connectivity index (χ4n) is 11.2. The molecular formula is C70H95FN8O16. The molecule has 95 heavy (non-hydrogen) atoms. The number of benzene rings is 4. The number of nitrogens with two attached hydrogens (primary N) is 4. The highest BCUT2D eigenvalue weighted by atomic mass is 19.1. The first-order chi connectivity index (χ1) is 44.9. The summed E-state index contributed by atoms with van der Waals surface area (Å²) >= 11 is 0. The van der Waals surface area contributed by atoms with E-state index in [1.54, 1.807) is 12.1 Å². The molecule has 0 bridgehead atoms. The number of rotatable bonds is 44. The van der Waals surface area contributed by atoms with Crippen LogP contribution in [0.1, 0.15) is 138 Å². The third-order valence-corrected chi connectivity index (χ3v) is 16.5. The number of carboxylic acids is 1. The van der Waals surface area contributed by atoms with Crippen molar-refractivity contribution >= 4 is 64.5 Å². The summed E-state index contributed by atoms with van der Waals surface area (Å²) in [5.41, 5.74) is 26.8. The molecule has 10 atom stereocenters. The highest BCUT2D eigenvalue weighted by Gasteiger charge is 2.43. The van der Waals surface area contributed by atoms with Gasteiger partial charge in [0.1, 0.15) is 35.5 Å². The van der Waals surface area contributed by atoms with Crippen LogP contribution in [0.15, 0.2) is 84.9 Å². The van der Waals surface area contributed by atoms with Crippen LogP contribution in [0.4, 0.5) is 4.39 Å². The van der Waals surface area contributed by atoms with Crippen LogP contribution in [0.2, 0.25) is 0 Å². The number of carboxylic acid groups (broad SMARTS) is 1. The molecule has 24 nitrogen and oxygen atoms in total. The van der Waals surface area contributed by atoms with Gasteiger partial charge >= 0.3 is 5.97 Å². The molecule has 0 aromatic heterocycles. The molecule has 0 aliphatic rings. The van der Waals surface area contributed by atoms with Crippen molar-refractivity contribution in [1.82, 2.24) is 21.3 Å². The van der Waals surface area contributed by atoms with Crippen LogP contribution in [0, 0.1) is 36.9 Å². The Bertz CT molecular complexity index is 3300. The van der Waals surface area contributed by atoms with Crippen molar-refractivity contribution in [2.75, 3.05) is 19.8 Å². The average molecular weight is 1320 g/mol. The first-order valence-corrected chi connectivity index (χ1v) is 32.1. The highest BCUT2D eigenvalue weighted by molar-refractivity contribution is 5.99. The number of Topliss-reactive ketones (excluding diaryl/α,β-unsaturated/α-hetero) is 4. The molecule has 0 aliphatic carbocycles. The first kappa shape index (κ1) is 78.8. The molecule has 6 amide bonds. The third-order valence-electron chi connectivity index (χ3n) is 16.5. The fourth-order valence-corrected chi connectivity index (χ4v) is 11.2. The van der Waals surface area contributed by atoms with Crippen LogP contribution in [0.3, 0.4) is 0 Å². The third kappa shape index (κ3) is 25.9. The summed E-state index contributed by atoms with van der Waals surface area (Å²) in [7, 11) is 0. The molecule has 0 saturated heterocycles. The SMILES string of the molecule is CCc1cc(OCCCCN)ccc1-c1ccc(C[C@H](CC(=O)[C@H](CC(=O)O)NC(=O)[C@H](CO)CC(=O)[C@@H](NC(=O)[C@@](C)(CC(=O)[C@@H](NC(=O)CCC(=O)[C@@H](N)CCC(N)=O)[C@@H](C)O)Cc2ccccc2F)[C@@H](C)O)C(=O)N[C@@H](CCCc2cc(C)cc(C)c2)C(N)=O)cc1. The lowest BCUT2D eigenvalue weighted by atomic mass is 9.76. The molecule has 0 fully saturated rings. The van der Waals surface area contributed by atoms with Crippen molar-refractivity contribution in [3.05, 3.63) is 124 Å². The normalized spacial score (nSPS) is 14.8. The summed E-state index contributed by atoms with van der Waals surface area (Å²) in [6.45, 7) is 9.40. The van der Waals surface area contributed by atoms with Crippen LogP contribution >= 0.6 is 0 Å². The van der Waals surface area contributed by atoms with E-state index in [9.17, 15) is 73.2 Å². The molecule has 0 heterocycles. The smallest absolute Gasteiger partial charge is 0.305 e. The van der Waals surface area contributed by atoms with E-state index in [-0.39, 0.29) is 31.2 Å². The Kier molecular flexibility index (Phi) is 32.1. The van der Waals surface area contributed by atoms with Crippen LogP contribution < -0.4 is 48.9 Å². The van der Waals surface area contributed by atoms with Gasteiger partial charge in [-0.15, -0.1) is 0 Å². The number of ketones is 4. The van der Waals surface area contributed by atoms with E-state index in [0.717, 1.165) is 59.2 Å². The van der Waals surface area contributed by atoms with Gasteiger partial charge in [-0.1, -0.05) is 91.7 Å². The minimum absolute atomic E-state index is 0.0714. The predicted molar refractivity (Wildman–Crippen MR) is 352 cm³/mol. The molecule has 0 unspecified atom stereocenters. The number of carbonyl (C=O) groups is 11. The van der Waals surface area contributed by atoms with Gasteiger partial charge in [-0.05, 0) is 144 Å². The highest BCUT2D eigenvalue weighted by Crippen LogP contribution is 2.32. The van der Waals surface area contributed by atoms with E-state index in [1.165, 1.54) is 32.0 Å². The minimum Gasteiger partial charge on any atom is -0.494 e. The summed E-state index contributed by atoms with van der Waals surface area (Å²) in [4.78, 5) is 148. The Morgan fingerprint density at radius 2 is 1.27 bits per heavy atom. The summed E-state index contributed by atoms with van der Waals surface area (Å²) in [6, 6.07) is 16.5. The molecular weight excluding hydrogens is 1230 g/mol. The van der Waals surface area contributed by atoms with E-state index in [0.29, 0.717) is 43.7 Å². The second kappa shape index (κ2) is 38.7. The van der Waals surface area contributed by atoms with E-state index < -0.39 is 182 Å². The van der Waals surface area contributed by atoms with Gasteiger partial charge < -0.3 is 69.4 Å². The van der Waals surface area contributed by atoms with Crippen LogP contribution in [0.25, 0.3) is 11.1 Å². The number of amides is 6. The summed E-state index contributed by atoms with van der Waals surface area (Å²) in [5.74, 6) is -13.8. The number of aryl methyl sites for hydroxylation is 4. The van der Waals surface area contributed by atoms with Gasteiger partial charge in [-0.3, -0.25) is 52.7 Å². The molecule has 4 aromatic carbocycles. The Morgan fingerprint density at radius 3 is 1.86 bits per heavy atom. The quantitative estimate of drug-likeness (QED) is 0.0283. The van der Waals surface area contributed by atoms with Gasteiger partial charge in [0.15, 0.2) is 17.3 Å². The van der Waals surface area contributed by atoms with Crippen LogP contribution in [0.5, 0.6) is 5.75 Å². The molecule has 0 aliphatic heterocycles. The predicted octanol–water partition coefficient (Wildman–Crippen LogP) is 3.31. The zero-order valence-electron chi connectivity index (χ0n) is 55.1. The Balaban J connectivity index is 1.59. The van der Waals surface area contributed by atoms with Crippen molar-refractivity contribution in [3.63, 3.8) is 0 Å². The summed E-state index contributed by atoms with van der Waals surface area (Å²) < 4.78 is 21.3. The average Bonchev–Trinajstić information content (AvgIpc) is 0.820. The van der Waals surface area contributed by atoms with Gasteiger partial charge in [0, 0.05) is 44.4 Å². The molecule has 0 spiro atoms. The number of carbonyl (C=O) groups excluding carboxylic acids is 10. The van der Waals surface area contributed by atoms with Gasteiger partial charge in [0.05, 0.1) is 55.3 Å². The van der Waals surface area contributed by atoms with Crippen molar-refractivity contribution in [2.45, 2.75) is 187 Å². The lowest BCUT2D eigenvalue weighted by Gasteiger charge is -2.33. The molecule has 4 aromatic rings. The largest absolute Gasteiger partial charge is 0.494 e. The van der Waals surface area contributed by atoms with Crippen LogP contribution in [-0.2, 0) is 78.4 Å². The van der Waals surface area contributed by atoms with Crippen molar-refractivity contribution < 1.29 is 82.3 Å². The Hall–Kier alpha value is -8.62. The fraction of sp³-hybridized carbons (Fsp3) is 0.500. The van der Waals surface area contributed by atoms with E-state index in [2.05, 4.69) is 21.3 Å². The molecule has 4 rings (SSSR count). The van der Waals surface area contributed by atoms with E-state index in [4.69, 9.17) is 27.7 Å². The van der Waals surface area contributed by atoms with Crippen molar-refractivity contribution in [3.8, 4) is 16.9 Å². The van der Waals surface area contributed by atoms with E-state index >= 15 is 4.39 Å². The van der Waals surface area contributed by atoms with Crippen molar-refractivity contribution in [2.24, 2.45) is 40.2 Å². The maximum Gasteiger partial charge on any atom is 0.305 e. The Labute approximate surface area is 553 Å². The van der Waals surface area contributed by atoms with Gasteiger partial charge in [0.2, 0.25) is 35.4 Å². The summed E-state index contributed by atoms with van der Waals surface area (Å²) in [6.07, 6.45) is -5.24. The minimum atomic E-state index is -2.03. The topological polar surface area (TPSA) is 430 Å². The second-order valence-electron chi connectivity index (χ2n) is 24.9. The number of aliphatic carboxylic acids is 1. The number of primary amides is 2. The lowest BCUT2D eigenvalue weighted by Crippen LogP contribution is -2.55. The molecule has 0 radical (unpaired) electrons. The number of aliphatic hydroxyl groups excluding tert-OH is 3. The maximum atomic E-state index is 15.3. The number of halogens is 1. The number of aliphatic hydroxyl groups is 3. The van der Waals surface area contributed by atoms with Gasteiger partial charge in [0.25, 0.3) is 0 Å². The van der Waals surface area contributed by atoms with Crippen molar-refractivity contribution in [1.29, 1.82) is 0 Å². The number of ether oxygens (including phenoxy) is 1.